The van der Waals surface area contributed by atoms with Gasteiger partial charge in [0.05, 0.1) is 5.92 Å². The fraction of sp³-hybridized carbons (Fsp3) is 0.381. The summed E-state index contributed by atoms with van der Waals surface area (Å²) >= 11 is 0. The summed E-state index contributed by atoms with van der Waals surface area (Å²) in [7, 11) is 0. The molecule has 0 aliphatic carbocycles. The zero-order valence-electron chi connectivity index (χ0n) is 16.2. The van der Waals surface area contributed by atoms with Crippen LogP contribution in [0.15, 0.2) is 48.7 Å². The highest BCUT2D eigenvalue weighted by Gasteiger charge is 2.34. The Labute approximate surface area is 172 Å². The molecule has 1 aliphatic heterocycles. The monoisotopic (exact) mass is 421 g/mol. The van der Waals surface area contributed by atoms with E-state index in [0.717, 1.165) is 5.56 Å². The molecular formula is C21H22F3N3O3. The summed E-state index contributed by atoms with van der Waals surface area (Å²) in [6.07, 6.45) is -2.34. The number of carbonyl (C=O) groups excluding carboxylic acids is 2. The van der Waals surface area contributed by atoms with Crippen LogP contribution in [0.25, 0.3) is 0 Å². The molecule has 30 heavy (non-hydrogen) atoms. The van der Waals surface area contributed by atoms with Crippen LogP contribution in [0.1, 0.15) is 17.5 Å². The SMILES string of the molecule is O=C(NCc1cccnc1OCC(F)(F)F)C1CC(=O)N(CCc2ccccc2)C1. The van der Waals surface area contributed by atoms with Crippen LogP contribution in [0, 0.1) is 5.92 Å². The summed E-state index contributed by atoms with van der Waals surface area (Å²) in [6, 6.07) is 12.8. The van der Waals surface area contributed by atoms with Crippen molar-refractivity contribution in [1.29, 1.82) is 0 Å². The van der Waals surface area contributed by atoms with Gasteiger partial charge in [-0.15, -0.1) is 0 Å². The van der Waals surface area contributed by atoms with Crippen LogP contribution >= 0.6 is 0 Å². The number of aromatic nitrogens is 1. The summed E-state index contributed by atoms with van der Waals surface area (Å²) in [5.41, 5.74) is 1.45. The number of amides is 2. The number of halogens is 3. The van der Waals surface area contributed by atoms with Gasteiger partial charge < -0.3 is 15.0 Å². The Bertz CT molecular complexity index is 875. The van der Waals surface area contributed by atoms with E-state index < -0.39 is 18.7 Å². The fourth-order valence-electron chi connectivity index (χ4n) is 3.24. The summed E-state index contributed by atoms with van der Waals surface area (Å²) in [5.74, 6) is -1.08. The highest BCUT2D eigenvalue weighted by molar-refractivity contribution is 5.89. The maximum absolute atomic E-state index is 12.5. The average Bonchev–Trinajstić information content (AvgIpc) is 3.10. The highest BCUT2D eigenvalue weighted by atomic mass is 19.4. The molecule has 1 unspecified atom stereocenters. The van der Waals surface area contributed by atoms with E-state index in [1.807, 2.05) is 30.3 Å². The van der Waals surface area contributed by atoms with Crippen molar-refractivity contribution in [3.05, 3.63) is 59.8 Å². The lowest BCUT2D eigenvalue weighted by Gasteiger charge is -2.17. The van der Waals surface area contributed by atoms with Crippen LogP contribution < -0.4 is 10.1 Å². The molecule has 3 rings (SSSR count). The Morgan fingerprint density at radius 3 is 2.70 bits per heavy atom. The van der Waals surface area contributed by atoms with Gasteiger partial charge in [-0.25, -0.2) is 4.98 Å². The van der Waals surface area contributed by atoms with Gasteiger partial charge in [-0.05, 0) is 18.1 Å². The molecule has 0 radical (unpaired) electrons. The second-order valence-corrected chi connectivity index (χ2v) is 7.07. The van der Waals surface area contributed by atoms with Crippen molar-refractivity contribution in [2.24, 2.45) is 5.92 Å². The van der Waals surface area contributed by atoms with E-state index in [4.69, 9.17) is 4.74 Å². The summed E-state index contributed by atoms with van der Waals surface area (Å²) < 4.78 is 41.8. The van der Waals surface area contributed by atoms with E-state index in [0.29, 0.717) is 25.1 Å². The van der Waals surface area contributed by atoms with E-state index >= 15 is 0 Å². The first-order valence-electron chi connectivity index (χ1n) is 9.54. The second kappa shape index (κ2) is 9.60. The molecule has 2 amide bonds. The number of ether oxygens (including phenoxy) is 1. The maximum atomic E-state index is 12.5. The van der Waals surface area contributed by atoms with E-state index in [2.05, 4.69) is 10.3 Å². The van der Waals surface area contributed by atoms with E-state index in [1.165, 1.54) is 12.3 Å². The van der Waals surface area contributed by atoms with Crippen molar-refractivity contribution in [2.45, 2.75) is 25.6 Å². The molecule has 9 heteroatoms. The van der Waals surface area contributed by atoms with Gasteiger partial charge in [0.25, 0.3) is 0 Å². The fourth-order valence-corrected chi connectivity index (χ4v) is 3.24. The number of rotatable bonds is 8. The Morgan fingerprint density at radius 2 is 1.97 bits per heavy atom. The molecule has 2 heterocycles. The molecule has 1 aromatic heterocycles. The zero-order valence-corrected chi connectivity index (χ0v) is 16.2. The largest absolute Gasteiger partial charge is 0.468 e. The predicted octanol–water partition coefficient (Wildman–Crippen LogP) is 2.73. The lowest BCUT2D eigenvalue weighted by atomic mass is 10.1. The molecule has 0 saturated carbocycles. The van der Waals surface area contributed by atoms with E-state index in [-0.39, 0.29) is 30.7 Å². The molecule has 0 bridgehead atoms. The number of hydrogen-bond donors (Lipinski definition) is 1. The Kier molecular flexibility index (Phi) is 6.91. The van der Waals surface area contributed by atoms with Gasteiger partial charge >= 0.3 is 6.18 Å². The van der Waals surface area contributed by atoms with Crippen LogP contribution in [0.3, 0.4) is 0 Å². The molecule has 0 spiro atoms. The first kappa shape index (κ1) is 21.6. The van der Waals surface area contributed by atoms with Crippen LogP contribution in [-0.2, 0) is 22.6 Å². The minimum atomic E-state index is -4.48. The van der Waals surface area contributed by atoms with Crippen molar-refractivity contribution in [2.75, 3.05) is 19.7 Å². The molecule has 1 atom stereocenters. The van der Waals surface area contributed by atoms with Crippen LogP contribution in [0.2, 0.25) is 0 Å². The topological polar surface area (TPSA) is 71.5 Å². The van der Waals surface area contributed by atoms with Crippen molar-refractivity contribution in [3.8, 4) is 5.88 Å². The van der Waals surface area contributed by atoms with Gasteiger partial charge in [-0.2, -0.15) is 13.2 Å². The minimum Gasteiger partial charge on any atom is -0.468 e. The third-order valence-electron chi connectivity index (χ3n) is 4.77. The number of carbonyl (C=O) groups is 2. The normalized spacial score (nSPS) is 16.6. The molecule has 2 aromatic rings. The quantitative estimate of drug-likeness (QED) is 0.712. The average molecular weight is 421 g/mol. The molecule has 1 N–H and O–H groups in total. The van der Waals surface area contributed by atoms with E-state index in [9.17, 15) is 22.8 Å². The number of hydrogen-bond acceptors (Lipinski definition) is 4. The first-order valence-corrected chi connectivity index (χ1v) is 9.54. The summed E-state index contributed by atoms with van der Waals surface area (Å²) in [4.78, 5) is 30.2. The van der Waals surface area contributed by atoms with E-state index in [1.54, 1.807) is 11.0 Å². The number of nitrogens with zero attached hydrogens (tertiary/aromatic N) is 2. The summed E-state index contributed by atoms with van der Waals surface area (Å²) in [5, 5.41) is 2.67. The summed E-state index contributed by atoms with van der Waals surface area (Å²) in [6.45, 7) is -0.639. The molecule has 1 fully saturated rings. The predicted molar refractivity (Wildman–Crippen MR) is 102 cm³/mol. The molecular weight excluding hydrogens is 399 g/mol. The van der Waals surface area contributed by atoms with Gasteiger partial charge in [0.1, 0.15) is 0 Å². The first-order chi connectivity index (χ1) is 14.3. The molecule has 160 valence electrons. The van der Waals surface area contributed by atoms with Crippen molar-refractivity contribution >= 4 is 11.8 Å². The minimum absolute atomic E-state index is 0.0332. The van der Waals surface area contributed by atoms with Crippen LogP contribution in [0.4, 0.5) is 13.2 Å². The van der Waals surface area contributed by atoms with Crippen molar-refractivity contribution in [1.82, 2.24) is 15.2 Å². The van der Waals surface area contributed by atoms with Crippen molar-refractivity contribution in [3.63, 3.8) is 0 Å². The molecule has 1 aromatic carbocycles. The molecule has 6 nitrogen and oxygen atoms in total. The number of likely N-dealkylation sites (tertiary alicyclic amines) is 1. The van der Waals surface area contributed by atoms with Crippen LogP contribution in [-0.4, -0.2) is 47.6 Å². The number of nitrogens with one attached hydrogen (secondary N) is 1. The smallest absolute Gasteiger partial charge is 0.422 e. The zero-order chi connectivity index (χ0) is 21.6. The number of benzene rings is 1. The number of pyridine rings is 1. The van der Waals surface area contributed by atoms with Crippen molar-refractivity contribution < 1.29 is 27.5 Å². The van der Waals surface area contributed by atoms with Crippen LogP contribution in [0.5, 0.6) is 5.88 Å². The second-order valence-electron chi connectivity index (χ2n) is 7.07. The maximum Gasteiger partial charge on any atom is 0.422 e. The lowest BCUT2D eigenvalue weighted by molar-refractivity contribution is -0.154. The van der Waals surface area contributed by atoms with Gasteiger partial charge in [-0.1, -0.05) is 36.4 Å². The third-order valence-corrected chi connectivity index (χ3v) is 4.77. The van der Waals surface area contributed by atoms with Gasteiger partial charge in [0.15, 0.2) is 6.61 Å². The highest BCUT2D eigenvalue weighted by Crippen LogP contribution is 2.21. The molecule has 1 aliphatic rings. The number of alkyl halides is 3. The Morgan fingerprint density at radius 1 is 1.20 bits per heavy atom. The third kappa shape index (κ3) is 6.20. The van der Waals surface area contributed by atoms with Gasteiger partial charge in [0.2, 0.25) is 17.7 Å². The molecule has 1 saturated heterocycles. The lowest BCUT2D eigenvalue weighted by Crippen LogP contribution is -2.33. The van der Waals surface area contributed by atoms with Gasteiger partial charge in [-0.3, -0.25) is 9.59 Å². The Balaban J connectivity index is 1.50. The standard InChI is InChI=1S/C21H22F3N3O3/c22-21(23,24)14-30-20-16(7-4-9-25-20)12-26-19(29)17-11-18(28)27(13-17)10-8-15-5-2-1-3-6-15/h1-7,9,17H,8,10-14H2,(H,26,29). The van der Waals surface area contributed by atoms with Gasteiger partial charge in [0, 0.05) is 37.8 Å². The Hall–Kier alpha value is -3.10.